The lowest BCUT2D eigenvalue weighted by Gasteiger charge is -2.15. The minimum absolute atomic E-state index is 0.174. The number of H-pyrrole nitrogens is 1. The van der Waals surface area contributed by atoms with Gasteiger partial charge >= 0.3 is 0 Å². The summed E-state index contributed by atoms with van der Waals surface area (Å²) in [5.41, 5.74) is 0.0400. The molecule has 0 amide bonds. The lowest BCUT2D eigenvalue weighted by molar-refractivity contribution is 0.254. The average Bonchev–Trinajstić information content (AvgIpc) is 3.19. The van der Waals surface area contributed by atoms with Crippen molar-refractivity contribution >= 4 is 12.2 Å². The van der Waals surface area contributed by atoms with E-state index in [1.165, 1.54) is 12.4 Å². The minimum atomic E-state index is -1.03. The van der Waals surface area contributed by atoms with E-state index in [0.29, 0.717) is 4.77 Å². The van der Waals surface area contributed by atoms with Crippen molar-refractivity contribution < 1.29 is 13.5 Å². The van der Waals surface area contributed by atoms with Gasteiger partial charge in [-0.1, -0.05) is 42.5 Å². The highest BCUT2D eigenvalue weighted by Crippen LogP contribution is 2.58. The van der Waals surface area contributed by atoms with Gasteiger partial charge in [0.2, 0.25) is 4.77 Å². The standard InChI is InChI=1S/C17H13F2N3OS/c18-13-8-4-7-12(14(13)19)17(9-22-16(24)20-10-21-22)15(23-17)11-5-2-1-3-6-11/h1-8,10,15H,9H2,(H,20,21,24). The zero-order valence-corrected chi connectivity index (χ0v) is 13.3. The fourth-order valence-electron chi connectivity index (χ4n) is 3.01. The molecule has 1 fully saturated rings. The first-order valence-electron chi connectivity index (χ1n) is 7.39. The number of hydrogen-bond acceptors (Lipinski definition) is 3. The van der Waals surface area contributed by atoms with Crippen molar-refractivity contribution in [3.63, 3.8) is 0 Å². The van der Waals surface area contributed by atoms with Crippen LogP contribution in [-0.2, 0) is 16.9 Å². The Bertz CT molecular complexity index is 940. The highest BCUT2D eigenvalue weighted by atomic mass is 32.1. The van der Waals surface area contributed by atoms with Crippen LogP contribution in [0.2, 0.25) is 0 Å². The van der Waals surface area contributed by atoms with Crippen molar-refractivity contribution in [2.24, 2.45) is 0 Å². The van der Waals surface area contributed by atoms with E-state index in [0.717, 1.165) is 11.6 Å². The van der Waals surface area contributed by atoms with Gasteiger partial charge in [0.1, 0.15) is 18.0 Å². The van der Waals surface area contributed by atoms with Gasteiger partial charge in [-0.05, 0) is 23.8 Å². The molecule has 1 aromatic heterocycles. The molecular formula is C17H13F2N3OS. The minimum Gasteiger partial charge on any atom is -0.354 e. The van der Waals surface area contributed by atoms with E-state index >= 15 is 0 Å². The molecule has 1 N–H and O–H groups in total. The van der Waals surface area contributed by atoms with Gasteiger partial charge in [-0.2, -0.15) is 0 Å². The van der Waals surface area contributed by atoms with Crippen molar-refractivity contribution in [3.05, 3.63) is 82.4 Å². The van der Waals surface area contributed by atoms with Crippen LogP contribution < -0.4 is 0 Å². The van der Waals surface area contributed by atoms with Crippen LogP contribution in [0, 0.1) is 16.4 Å². The fraction of sp³-hybridized carbons (Fsp3) is 0.176. The number of aromatic nitrogens is 3. The molecule has 0 saturated carbocycles. The quantitative estimate of drug-likeness (QED) is 0.576. The Morgan fingerprint density at radius 2 is 1.96 bits per heavy atom. The maximum atomic E-state index is 14.4. The van der Waals surface area contributed by atoms with Gasteiger partial charge in [0.15, 0.2) is 11.6 Å². The van der Waals surface area contributed by atoms with E-state index in [1.807, 2.05) is 30.3 Å². The number of benzene rings is 2. The molecule has 1 saturated heterocycles. The molecule has 4 rings (SSSR count). The number of epoxide rings is 1. The number of ether oxygens (including phenoxy) is 1. The first-order valence-corrected chi connectivity index (χ1v) is 7.80. The first kappa shape index (κ1) is 15.2. The Balaban J connectivity index is 1.81. The summed E-state index contributed by atoms with van der Waals surface area (Å²) >= 11 is 5.14. The summed E-state index contributed by atoms with van der Waals surface area (Å²) in [5, 5.41) is 2.88. The Morgan fingerprint density at radius 3 is 2.67 bits per heavy atom. The summed E-state index contributed by atoms with van der Waals surface area (Å²) in [4.78, 5) is 3.96. The number of halogens is 2. The van der Waals surface area contributed by atoms with Crippen molar-refractivity contribution in [2.45, 2.75) is 18.2 Å². The maximum absolute atomic E-state index is 14.4. The highest BCUT2D eigenvalue weighted by Gasteiger charge is 2.60. The molecule has 0 aliphatic carbocycles. The van der Waals surface area contributed by atoms with Gasteiger partial charge in [-0.25, -0.2) is 13.8 Å². The van der Waals surface area contributed by atoms with Crippen LogP contribution >= 0.6 is 12.2 Å². The molecule has 2 unspecified atom stereocenters. The van der Waals surface area contributed by atoms with E-state index < -0.39 is 17.2 Å². The third kappa shape index (κ3) is 2.37. The van der Waals surface area contributed by atoms with E-state index in [2.05, 4.69) is 10.1 Å². The zero-order valence-electron chi connectivity index (χ0n) is 12.4. The molecule has 122 valence electrons. The van der Waals surface area contributed by atoms with E-state index in [9.17, 15) is 8.78 Å². The topological polar surface area (TPSA) is 46.1 Å². The molecule has 4 nitrogen and oxygen atoms in total. The van der Waals surface area contributed by atoms with Crippen molar-refractivity contribution in [1.29, 1.82) is 0 Å². The molecule has 2 atom stereocenters. The summed E-state index contributed by atoms with van der Waals surface area (Å²) in [5.74, 6) is -1.80. The lowest BCUT2D eigenvalue weighted by atomic mass is 9.91. The van der Waals surface area contributed by atoms with Gasteiger partial charge < -0.3 is 4.74 Å². The summed E-state index contributed by atoms with van der Waals surface area (Å²) in [7, 11) is 0. The second-order valence-corrected chi connectivity index (χ2v) is 6.02. The maximum Gasteiger partial charge on any atom is 0.215 e. The second kappa shape index (κ2) is 5.61. The first-order chi connectivity index (χ1) is 11.6. The summed E-state index contributed by atoms with van der Waals surface area (Å²) < 4.78 is 36.0. The van der Waals surface area contributed by atoms with Crippen molar-refractivity contribution in [3.8, 4) is 0 Å². The molecule has 2 aromatic carbocycles. The molecule has 7 heteroatoms. The Hall–Kier alpha value is -2.38. The van der Waals surface area contributed by atoms with E-state index in [1.54, 1.807) is 10.7 Å². The Morgan fingerprint density at radius 1 is 1.17 bits per heavy atom. The summed E-state index contributed by atoms with van der Waals surface area (Å²) in [6.45, 7) is 0.214. The van der Waals surface area contributed by atoms with E-state index in [4.69, 9.17) is 17.0 Å². The van der Waals surface area contributed by atoms with Gasteiger partial charge in [-0.15, -0.1) is 0 Å². The van der Waals surface area contributed by atoms with Crippen LogP contribution in [0.15, 0.2) is 54.9 Å². The van der Waals surface area contributed by atoms with Crippen LogP contribution in [0.4, 0.5) is 8.78 Å². The molecular weight excluding hydrogens is 332 g/mol. The zero-order chi connectivity index (χ0) is 16.7. The third-order valence-corrected chi connectivity index (χ3v) is 4.54. The third-order valence-electron chi connectivity index (χ3n) is 4.22. The molecule has 2 heterocycles. The highest BCUT2D eigenvalue weighted by molar-refractivity contribution is 7.71. The number of nitrogens with zero attached hydrogens (tertiary/aromatic N) is 2. The van der Waals surface area contributed by atoms with Crippen LogP contribution in [0.3, 0.4) is 0 Å². The van der Waals surface area contributed by atoms with Crippen LogP contribution in [0.25, 0.3) is 0 Å². The van der Waals surface area contributed by atoms with Gasteiger partial charge in [0, 0.05) is 5.56 Å². The molecule has 0 radical (unpaired) electrons. The SMILES string of the molecule is Fc1cccc(C2(Cn3[nH]cnc3=S)OC2c2ccccc2)c1F. The van der Waals surface area contributed by atoms with Gasteiger partial charge in [-0.3, -0.25) is 9.78 Å². The lowest BCUT2D eigenvalue weighted by Crippen LogP contribution is -2.22. The largest absolute Gasteiger partial charge is 0.354 e. The molecule has 1 aliphatic heterocycles. The van der Waals surface area contributed by atoms with E-state index in [-0.39, 0.29) is 18.2 Å². The van der Waals surface area contributed by atoms with Crippen LogP contribution in [0.5, 0.6) is 0 Å². The van der Waals surface area contributed by atoms with Crippen LogP contribution in [0.1, 0.15) is 17.2 Å². The van der Waals surface area contributed by atoms with Gasteiger partial charge in [0.25, 0.3) is 0 Å². The fourth-order valence-corrected chi connectivity index (χ4v) is 3.18. The second-order valence-electron chi connectivity index (χ2n) is 5.66. The monoisotopic (exact) mass is 345 g/mol. The predicted molar refractivity (Wildman–Crippen MR) is 85.7 cm³/mol. The molecule has 1 aliphatic rings. The number of hydrogen-bond donors (Lipinski definition) is 1. The number of aromatic amines is 1. The van der Waals surface area contributed by atoms with Gasteiger partial charge in [0.05, 0.1) is 6.54 Å². The molecule has 0 bridgehead atoms. The van der Waals surface area contributed by atoms with Crippen molar-refractivity contribution in [2.75, 3.05) is 0 Å². The number of rotatable bonds is 4. The summed E-state index contributed by atoms with van der Waals surface area (Å²) in [6, 6.07) is 13.6. The number of nitrogens with one attached hydrogen (secondary N) is 1. The summed E-state index contributed by atoms with van der Waals surface area (Å²) in [6.07, 6.45) is 1.07. The van der Waals surface area contributed by atoms with Crippen LogP contribution in [-0.4, -0.2) is 14.8 Å². The smallest absolute Gasteiger partial charge is 0.215 e. The normalized spacial score (nSPS) is 22.5. The average molecular weight is 345 g/mol. The Labute approximate surface area is 141 Å². The molecule has 3 aromatic rings. The Kier molecular flexibility index (Phi) is 3.54. The molecule has 24 heavy (non-hydrogen) atoms. The predicted octanol–water partition coefficient (Wildman–Crippen LogP) is 3.89. The van der Waals surface area contributed by atoms with Crippen molar-refractivity contribution in [1.82, 2.24) is 14.8 Å². The molecule has 0 spiro atoms.